The number of hydrogen-bond acceptors (Lipinski definition) is 3. The molecule has 0 radical (unpaired) electrons. The van der Waals surface area contributed by atoms with Gasteiger partial charge in [0.05, 0.1) is 6.20 Å². The second kappa shape index (κ2) is 4.36. The molecule has 1 aliphatic heterocycles. The second-order valence-electron chi connectivity index (χ2n) is 7.51. The van der Waals surface area contributed by atoms with E-state index in [1.165, 1.54) is 18.8 Å². The first-order chi connectivity index (χ1) is 10.0. The van der Waals surface area contributed by atoms with E-state index in [2.05, 4.69) is 54.9 Å². The van der Waals surface area contributed by atoms with Gasteiger partial charge in [0.15, 0.2) is 0 Å². The Kier molecular flexibility index (Phi) is 2.69. The van der Waals surface area contributed by atoms with Crippen molar-refractivity contribution in [2.75, 3.05) is 18.0 Å². The average Bonchev–Trinajstić information content (AvgIpc) is 2.88. The zero-order valence-electron chi connectivity index (χ0n) is 12.9. The maximum atomic E-state index is 5.40. The minimum Gasteiger partial charge on any atom is -0.445 e. The number of aromatic nitrogens is 1. The normalized spacial score (nSPS) is 27.8. The van der Waals surface area contributed by atoms with Crippen LogP contribution >= 0.6 is 0 Å². The average molecular weight is 282 g/mol. The quantitative estimate of drug-likeness (QED) is 0.831. The number of nitrogens with zero attached hydrogens (tertiary/aromatic N) is 2. The molecule has 110 valence electrons. The van der Waals surface area contributed by atoms with Gasteiger partial charge in [0, 0.05) is 24.3 Å². The predicted molar refractivity (Wildman–Crippen MR) is 84.1 cm³/mol. The molecule has 2 fully saturated rings. The van der Waals surface area contributed by atoms with Crippen molar-refractivity contribution in [2.45, 2.75) is 20.8 Å². The van der Waals surface area contributed by atoms with E-state index in [1.807, 2.05) is 0 Å². The molecule has 0 N–H and O–H groups in total. The van der Waals surface area contributed by atoms with Gasteiger partial charge < -0.3 is 9.32 Å². The smallest absolute Gasteiger partial charge is 0.225 e. The van der Waals surface area contributed by atoms with E-state index in [9.17, 15) is 0 Å². The lowest BCUT2D eigenvalue weighted by Gasteiger charge is -2.27. The molecular weight excluding hydrogens is 260 g/mol. The molecule has 4 rings (SSSR count). The summed E-state index contributed by atoms with van der Waals surface area (Å²) in [6, 6.07) is 8.55. The van der Waals surface area contributed by atoms with Crippen molar-refractivity contribution in [3.05, 3.63) is 36.7 Å². The highest BCUT2D eigenvalue weighted by Crippen LogP contribution is 2.60. The van der Waals surface area contributed by atoms with E-state index in [-0.39, 0.29) is 0 Å². The highest BCUT2D eigenvalue weighted by atomic mass is 16.3. The molecule has 21 heavy (non-hydrogen) atoms. The summed E-state index contributed by atoms with van der Waals surface area (Å²) in [6.07, 6.45) is 3.32. The number of fused-ring (bicyclic) bond motifs is 1. The minimum atomic E-state index is 0.460. The third-order valence-corrected chi connectivity index (χ3v) is 5.08. The lowest BCUT2D eigenvalue weighted by Crippen LogP contribution is -2.27. The molecule has 2 unspecified atom stereocenters. The molecule has 3 nitrogen and oxygen atoms in total. The van der Waals surface area contributed by atoms with E-state index in [0.29, 0.717) is 11.3 Å². The fourth-order valence-electron chi connectivity index (χ4n) is 4.22. The first kappa shape index (κ1) is 12.9. The van der Waals surface area contributed by atoms with Crippen LogP contribution in [0.25, 0.3) is 11.5 Å². The summed E-state index contributed by atoms with van der Waals surface area (Å²) in [7, 11) is 0. The molecule has 2 heterocycles. The zero-order valence-corrected chi connectivity index (χ0v) is 12.9. The number of benzene rings is 1. The number of rotatable bonds is 2. The summed E-state index contributed by atoms with van der Waals surface area (Å²) in [4.78, 5) is 6.75. The van der Waals surface area contributed by atoms with Crippen LogP contribution in [0.1, 0.15) is 20.8 Å². The standard InChI is InChI=1S/C18H22N2O/c1-18(2,3)16-14-10-20(11-15(14)16)13-6-4-5-12(9-13)17-19-7-8-21-17/h4-9,14-16H,10-11H2,1-3H3. The van der Waals surface area contributed by atoms with Crippen molar-refractivity contribution in [1.82, 2.24) is 4.98 Å². The van der Waals surface area contributed by atoms with Gasteiger partial charge in [-0.3, -0.25) is 0 Å². The second-order valence-corrected chi connectivity index (χ2v) is 7.51. The summed E-state index contributed by atoms with van der Waals surface area (Å²) < 4.78 is 5.40. The lowest BCUT2D eigenvalue weighted by molar-refractivity contribution is 0.309. The summed E-state index contributed by atoms with van der Waals surface area (Å²) in [5, 5.41) is 0. The van der Waals surface area contributed by atoms with Crippen molar-refractivity contribution in [3.8, 4) is 11.5 Å². The van der Waals surface area contributed by atoms with Crippen LogP contribution in [0.3, 0.4) is 0 Å². The van der Waals surface area contributed by atoms with E-state index in [0.717, 1.165) is 23.3 Å². The summed E-state index contributed by atoms with van der Waals surface area (Å²) in [6.45, 7) is 9.53. The van der Waals surface area contributed by atoms with Gasteiger partial charge in [0.2, 0.25) is 5.89 Å². The summed E-state index contributed by atoms with van der Waals surface area (Å²) in [5.74, 6) is 3.38. The van der Waals surface area contributed by atoms with Crippen molar-refractivity contribution in [3.63, 3.8) is 0 Å². The Labute approximate surface area is 126 Å². The van der Waals surface area contributed by atoms with Gasteiger partial charge in [-0.15, -0.1) is 0 Å². The molecule has 1 aliphatic carbocycles. The number of piperidine rings is 1. The minimum absolute atomic E-state index is 0.460. The fraction of sp³-hybridized carbons (Fsp3) is 0.500. The third-order valence-electron chi connectivity index (χ3n) is 5.08. The SMILES string of the molecule is CC(C)(C)C1C2CN(c3cccc(-c4ncco4)c3)CC21. The number of anilines is 1. The molecule has 0 spiro atoms. The van der Waals surface area contributed by atoms with Crippen LogP contribution in [0.2, 0.25) is 0 Å². The van der Waals surface area contributed by atoms with Crippen molar-refractivity contribution >= 4 is 5.69 Å². The monoisotopic (exact) mass is 282 g/mol. The van der Waals surface area contributed by atoms with E-state index >= 15 is 0 Å². The molecule has 3 heteroatoms. The Hall–Kier alpha value is -1.77. The fourth-order valence-corrected chi connectivity index (χ4v) is 4.22. The Bertz CT molecular complexity index is 629. The van der Waals surface area contributed by atoms with Crippen molar-refractivity contribution in [1.29, 1.82) is 0 Å². The van der Waals surface area contributed by atoms with E-state index < -0.39 is 0 Å². The van der Waals surface area contributed by atoms with E-state index in [1.54, 1.807) is 12.5 Å². The molecule has 1 saturated carbocycles. The zero-order chi connectivity index (χ0) is 14.6. The van der Waals surface area contributed by atoms with Crippen molar-refractivity contribution < 1.29 is 4.42 Å². The van der Waals surface area contributed by atoms with Gasteiger partial charge in [-0.1, -0.05) is 26.8 Å². The molecule has 0 amide bonds. The highest BCUT2D eigenvalue weighted by Gasteiger charge is 2.59. The van der Waals surface area contributed by atoms with Crippen LogP contribution < -0.4 is 4.90 Å². The maximum Gasteiger partial charge on any atom is 0.225 e. The summed E-state index contributed by atoms with van der Waals surface area (Å²) >= 11 is 0. The van der Waals surface area contributed by atoms with Gasteiger partial charge >= 0.3 is 0 Å². The molecule has 2 aliphatic rings. The predicted octanol–water partition coefficient (Wildman–Crippen LogP) is 4.07. The van der Waals surface area contributed by atoms with Crippen LogP contribution in [0.15, 0.2) is 41.1 Å². The Morgan fingerprint density at radius 1 is 1.19 bits per heavy atom. The number of oxazole rings is 1. The molecular formula is C18H22N2O. The van der Waals surface area contributed by atoms with Gasteiger partial charge in [-0.05, 0) is 41.4 Å². The first-order valence-electron chi connectivity index (χ1n) is 7.79. The van der Waals surface area contributed by atoms with Gasteiger partial charge in [-0.2, -0.15) is 0 Å². The Balaban J connectivity index is 1.51. The molecule has 2 atom stereocenters. The summed E-state index contributed by atoms with van der Waals surface area (Å²) in [5.41, 5.74) is 2.82. The van der Waals surface area contributed by atoms with Crippen LogP contribution in [-0.2, 0) is 0 Å². The Morgan fingerprint density at radius 3 is 2.57 bits per heavy atom. The molecule has 1 aromatic carbocycles. The molecule has 2 aromatic rings. The van der Waals surface area contributed by atoms with Gasteiger partial charge in [0.1, 0.15) is 6.26 Å². The van der Waals surface area contributed by atoms with Crippen LogP contribution in [0.4, 0.5) is 5.69 Å². The Morgan fingerprint density at radius 2 is 1.95 bits per heavy atom. The lowest BCUT2D eigenvalue weighted by atomic mass is 9.87. The topological polar surface area (TPSA) is 29.3 Å². The maximum absolute atomic E-state index is 5.40. The molecule has 1 aromatic heterocycles. The third kappa shape index (κ3) is 2.15. The van der Waals surface area contributed by atoms with Crippen LogP contribution in [0.5, 0.6) is 0 Å². The van der Waals surface area contributed by atoms with Gasteiger partial charge in [0.25, 0.3) is 0 Å². The van der Waals surface area contributed by atoms with Crippen LogP contribution in [-0.4, -0.2) is 18.1 Å². The first-order valence-corrected chi connectivity index (χ1v) is 7.79. The largest absolute Gasteiger partial charge is 0.445 e. The van der Waals surface area contributed by atoms with Crippen LogP contribution in [0, 0.1) is 23.2 Å². The van der Waals surface area contributed by atoms with Crippen molar-refractivity contribution in [2.24, 2.45) is 23.2 Å². The number of hydrogen-bond donors (Lipinski definition) is 0. The highest BCUT2D eigenvalue weighted by molar-refractivity contribution is 5.62. The van der Waals surface area contributed by atoms with E-state index in [4.69, 9.17) is 4.42 Å². The molecule has 1 saturated heterocycles. The molecule has 0 bridgehead atoms. The van der Waals surface area contributed by atoms with Gasteiger partial charge in [-0.25, -0.2) is 4.98 Å².